The highest BCUT2D eigenvalue weighted by Crippen LogP contribution is 2.37. The first-order valence-corrected chi connectivity index (χ1v) is 8.12. The van der Waals surface area contributed by atoms with Crippen molar-refractivity contribution in [3.63, 3.8) is 0 Å². The van der Waals surface area contributed by atoms with Crippen molar-refractivity contribution < 1.29 is 23.4 Å². The van der Waals surface area contributed by atoms with Crippen LogP contribution in [0.2, 0.25) is 9.36 Å². The van der Waals surface area contributed by atoms with Crippen molar-refractivity contribution in [2.45, 2.75) is 22.8 Å². The van der Waals surface area contributed by atoms with Gasteiger partial charge in [0.2, 0.25) is 0 Å². The van der Waals surface area contributed by atoms with Crippen LogP contribution in [0.15, 0.2) is 10.3 Å². The predicted octanol–water partition coefficient (Wildman–Crippen LogP) is 1.26. The summed E-state index contributed by atoms with van der Waals surface area (Å²) >= 11 is 12.2. The van der Waals surface area contributed by atoms with Crippen molar-refractivity contribution in [1.29, 1.82) is 0 Å². The average molecular weight is 346 g/mol. The van der Waals surface area contributed by atoms with Crippen LogP contribution in [0.3, 0.4) is 0 Å². The molecule has 0 spiro atoms. The standard InChI is InChI=1S/C9H9Cl2NO5S2/c10-5-2-7(18-8(5)11)19(16,17)12-3-4(13)1-6(12)9(14)15/h2,4,6,13H,1,3H2,(H,14,15)/t4-,6+/m0/s1. The number of β-amino-alcohol motifs (C(OH)–C–C–N with tert-alkyl or cyclic N) is 1. The number of carboxylic acids is 1. The topological polar surface area (TPSA) is 94.9 Å². The smallest absolute Gasteiger partial charge is 0.322 e. The molecule has 1 aliphatic rings. The summed E-state index contributed by atoms with van der Waals surface area (Å²) in [5.41, 5.74) is 0. The molecule has 1 aromatic rings. The van der Waals surface area contributed by atoms with Crippen molar-refractivity contribution >= 4 is 50.5 Å². The molecule has 6 nitrogen and oxygen atoms in total. The number of aliphatic hydroxyl groups excluding tert-OH is 1. The first kappa shape index (κ1) is 15.0. The van der Waals surface area contributed by atoms with Gasteiger partial charge in [0.1, 0.15) is 14.6 Å². The zero-order valence-corrected chi connectivity index (χ0v) is 12.4. The summed E-state index contributed by atoms with van der Waals surface area (Å²) in [5, 5.41) is 18.6. The second kappa shape index (κ2) is 5.19. The molecule has 2 heterocycles. The Morgan fingerprint density at radius 1 is 1.47 bits per heavy atom. The van der Waals surface area contributed by atoms with Crippen molar-refractivity contribution in [1.82, 2.24) is 4.31 Å². The van der Waals surface area contributed by atoms with Gasteiger partial charge in [-0.2, -0.15) is 4.31 Å². The minimum atomic E-state index is -4.03. The van der Waals surface area contributed by atoms with Gasteiger partial charge in [0.25, 0.3) is 10.0 Å². The lowest BCUT2D eigenvalue weighted by atomic mass is 10.2. The maximum absolute atomic E-state index is 12.3. The van der Waals surface area contributed by atoms with Gasteiger partial charge in [-0.05, 0) is 6.07 Å². The SMILES string of the molecule is O=C(O)[C@H]1C[C@H](O)CN1S(=O)(=O)c1cc(Cl)c(Cl)s1. The largest absolute Gasteiger partial charge is 0.480 e. The van der Waals surface area contributed by atoms with Crippen LogP contribution in [-0.4, -0.2) is 47.6 Å². The fraction of sp³-hybridized carbons (Fsp3) is 0.444. The van der Waals surface area contributed by atoms with Crippen LogP contribution < -0.4 is 0 Å². The zero-order chi connectivity index (χ0) is 14.4. The Balaban J connectivity index is 2.41. The Morgan fingerprint density at radius 3 is 2.58 bits per heavy atom. The molecule has 1 aliphatic heterocycles. The molecule has 2 N–H and O–H groups in total. The summed E-state index contributed by atoms with van der Waals surface area (Å²) in [6.07, 6.45) is -1.14. The number of rotatable bonds is 3. The van der Waals surface area contributed by atoms with Gasteiger partial charge in [0.15, 0.2) is 0 Å². The Morgan fingerprint density at radius 2 is 2.11 bits per heavy atom. The molecule has 0 aromatic carbocycles. The first-order valence-electron chi connectivity index (χ1n) is 5.11. The van der Waals surface area contributed by atoms with Crippen LogP contribution in [0.25, 0.3) is 0 Å². The molecule has 0 saturated carbocycles. The van der Waals surface area contributed by atoms with Crippen molar-refractivity contribution in [3.05, 3.63) is 15.4 Å². The fourth-order valence-corrected chi connectivity index (χ4v) is 5.48. The number of carbonyl (C=O) groups is 1. The molecule has 1 fully saturated rings. The summed E-state index contributed by atoms with van der Waals surface area (Å²) in [6, 6.07) is -0.104. The number of halogens is 2. The van der Waals surface area contributed by atoms with E-state index < -0.39 is 28.1 Å². The monoisotopic (exact) mass is 345 g/mol. The van der Waals surface area contributed by atoms with Gasteiger partial charge < -0.3 is 10.2 Å². The van der Waals surface area contributed by atoms with Gasteiger partial charge in [-0.25, -0.2) is 8.42 Å². The number of aliphatic hydroxyl groups is 1. The van der Waals surface area contributed by atoms with E-state index in [4.69, 9.17) is 28.3 Å². The van der Waals surface area contributed by atoms with E-state index in [0.717, 1.165) is 15.6 Å². The zero-order valence-electron chi connectivity index (χ0n) is 9.29. The number of hydrogen-bond acceptors (Lipinski definition) is 5. The average Bonchev–Trinajstić information content (AvgIpc) is 2.84. The maximum Gasteiger partial charge on any atom is 0.322 e. The molecular formula is C9H9Cl2NO5S2. The number of thiophene rings is 1. The highest BCUT2D eigenvalue weighted by atomic mass is 35.5. The van der Waals surface area contributed by atoms with E-state index in [1.807, 2.05) is 0 Å². The number of hydrogen-bond donors (Lipinski definition) is 2. The normalized spacial score (nSPS) is 24.8. The van der Waals surface area contributed by atoms with Gasteiger partial charge in [-0.1, -0.05) is 23.2 Å². The second-order valence-electron chi connectivity index (χ2n) is 4.01. The van der Waals surface area contributed by atoms with E-state index in [1.54, 1.807) is 0 Å². The van der Waals surface area contributed by atoms with Crippen LogP contribution in [-0.2, 0) is 14.8 Å². The first-order chi connectivity index (χ1) is 8.73. The van der Waals surface area contributed by atoms with Crippen molar-refractivity contribution in [3.8, 4) is 0 Å². The molecule has 0 amide bonds. The highest BCUT2D eigenvalue weighted by molar-refractivity contribution is 7.91. The lowest BCUT2D eigenvalue weighted by Crippen LogP contribution is -2.40. The van der Waals surface area contributed by atoms with E-state index >= 15 is 0 Å². The number of carboxylic acid groups (broad SMARTS) is 1. The molecule has 106 valence electrons. The van der Waals surface area contributed by atoms with Gasteiger partial charge in [0, 0.05) is 13.0 Å². The van der Waals surface area contributed by atoms with E-state index in [0.29, 0.717) is 0 Å². The molecule has 19 heavy (non-hydrogen) atoms. The molecular weight excluding hydrogens is 337 g/mol. The highest BCUT2D eigenvalue weighted by Gasteiger charge is 2.44. The second-order valence-corrected chi connectivity index (χ2v) is 8.18. The quantitative estimate of drug-likeness (QED) is 0.859. The molecule has 1 saturated heterocycles. The minimum absolute atomic E-state index is 0.0943. The molecule has 2 atom stereocenters. The third kappa shape index (κ3) is 2.74. The van der Waals surface area contributed by atoms with Gasteiger partial charge in [-0.3, -0.25) is 4.79 Å². The number of sulfonamides is 1. The lowest BCUT2D eigenvalue weighted by Gasteiger charge is -2.19. The molecule has 2 rings (SSSR count). The fourth-order valence-electron chi connectivity index (χ4n) is 1.84. The summed E-state index contributed by atoms with van der Waals surface area (Å²) in [7, 11) is -4.03. The Hall–Kier alpha value is -0.380. The van der Waals surface area contributed by atoms with E-state index in [2.05, 4.69) is 0 Å². The van der Waals surface area contributed by atoms with Crippen molar-refractivity contribution in [2.75, 3.05) is 6.54 Å². The maximum atomic E-state index is 12.3. The Labute approximate surface area is 123 Å². The molecule has 1 aromatic heterocycles. The van der Waals surface area contributed by atoms with Gasteiger partial charge >= 0.3 is 5.97 Å². The van der Waals surface area contributed by atoms with Crippen LogP contribution in [0.4, 0.5) is 0 Å². The van der Waals surface area contributed by atoms with Crippen LogP contribution >= 0.6 is 34.5 Å². The lowest BCUT2D eigenvalue weighted by molar-refractivity contribution is -0.140. The van der Waals surface area contributed by atoms with Crippen molar-refractivity contribution in [2.24, 2.45) is 0 Å². The molecule has 0 radical (unpaired) electrons. The summed E-state index contributed by atoms with van der Waals surface area (Å²) in [5.74, 6) is -1.30. The van der Waals surface area contributed by atoms with Gasteiger partial charge in [-0.15, -0.1) is 11.3 Å². The number of aliphatic carboxylic acids is 1. The van der Waals surface area contributed by atoms with Crippen LogP contribution in [0.5, 0.6) is 0 Å². The van der Waals surface area contributed by atoms with Crippen LogP contribution in [0, 0.1) is 0 Å². The predicted molar refractivity (Wildman–Crippen MR) is 70.3 cm³/mol. The van der Waals surface area contributed by atoms with E-state index in [-0.39, 0.29) is 26.5 Å². The Bertz CT molecular complexity index is 595. The molecule has 0 bridgehead atoms. The van der Waals surface area contributed by atoms with E-state index in [1.165, 1.54) is 6.07 Å². The number of nitrogens with zero attached hydrogens (tertiary/aromatic N) is 1. The Kier molecular flexibility index (Phi) is 4.10. The van der Waals surface area contributed by atoms with Crippen LogP contribution in [0.1, 0.15) is 6.42 Å². The van der Waals surface area contributed by atoms with Gasteiger partial charge in [0.05, 0.1) is 11.1 Å². The third-order valence-corrected chi connectivity index (χ3v) is 6.89. The van der Waals surface area contributed by atoms with E-state index in [9.17, 15) is 18.3 Å². The summed E-state index contributed by atoms with van der Waals surface area (Å²) in [4.78, 5) is 11.0. The molecule has 0 unspecified atom stereocenters. The molecule has 0 aliphatic carbocycles. The summed E-state index contributed by atoms with van der Waals surface area (Å²) in [6.45, 7) is -0.258. The minimum Gasteiger partial charge on any atom is -0.480 e. The summed E-state index contributed by atoms with van der Waals surface area (Å²) < 4.78 is 25.4. The molecule has 10 heteroatoms. The third-order valence-electron chi connectivity index (χ3n) is 2.70.